The van der Waals surface area contributed by atoms with E-state index in [1.807, 2.05) is 6.92 Å². The highest BCUT2D eigenvalue weighted by atomic mass is 35.5. The Bertz CT molecular complexity index is 393. The van der Waals surface area contributed by atoms with Gasteiger partial charge in [-0.25, -0.2) is 0 Å². The minimum absolute atomic E-state index is 0.101. The van der Waals surface area contributed by atoms with Crippen molar-refractivity contribution in [2.45, 2.75) is 32.7 Å². The molecular weight excluding hydrogens is 238 g/mol. The normalized spacial score (nSPS) is 12.0. The van der Waals surface area contributed by atoms with E-state index in [4.69, 9.17) is 16.3 Å². The fraction of sp³-hybridized carbons (Fsp3) is 0.462. The van der Waals surface area contributed by atoms with Crippen molar-refractivity contribution in [3.8, 4) is 5.75 Å². The number of nitrogens with one attached hydrogen (secondary N) is 1. The molecule has 1 atom stereocenters. The van der Waals surface area contributed by atoms with E-state index in [2.05, 4.69) is 12.2 Å². The number of carbonyl (C=O) groups is 1. The maximum Gasteiger partial charge on any atom is 0.251 e. The fourth-order valence-corrected chi connectivity index (χ4v) is 1.88. The third-order valence-electron chi connectivity index (χ3n) is 2.51. The highest BCUT2D eigenvalue weighted by molar-refractivity contribution is 6.32. The first-order chi connectivity index (χ1) is 8.08. The number of hydrogen-bond donors (Lipinski definition) is 1. The van der Waals surface area contributed by atoms with Crippen LogP contribution in [-0.2, 0) is 0 Å². The number of hydrogen-bond acceptors (Lipinski definition) is 2. The summed E-state index contributed by atoms with van der Waals surface area (Å²) in [5.41, 5.74) is 0.554. The zero-order chi connectivity index (χ0) is 12.8. The lowest BCUT2D eigenvalue weighted by atomic mass is 10.1. The summed E-state index contributed by atoms with van der Waals surface area (Å²) in [6.45, 7) is 4.08. The fourth-order valence-electron chi connectivity index (χ4n) is 1.62. The van der Waals surface area contributed by atoms with Crippen LogP contribution in [-0.4, -0.2) is 19.1 Å². The number of ether oxygens (including phenoxy) is 1. The minimum atomic E-state index is -0.101. The first kappa shape index (κ1) is 13.8. The van der Waals surface area contributed by atoms with Gasteiger partial charge in [-0.2, -0.15) is 0 Å². The third-order valence-corrected chi connectivity index (χ3v) is 2.81. The lowest BCUT2D eigenvalue weighted by Crippen LogP contribution is -2.32. The van der Waals surface area contributed by atoms with E-state index in [0.717, 1.165) is 12.8 Å². The zero-order valence-corrected chi connectivity index (χ0v) is 11.2. The van der Waals surface area contributed by atoms with E-state index in [1.54, 1.807) is 25.3 Å². The molecule has 3 nitrogen and oxygen atoms in total. The molecule has 0 radical (unpaired) electrons. The van der Waals surface area contributed by atoms with Crippen molar-refractivity contribution in [2.75, 3.05) is 7.11 Å². The highest BCUT2D eigenvalue weighted by Gasteiger charge is 2.11. The summed E-state index contributed by atoms with van der Waals surface area (Å²) in [5, 5.41) is 3.37. The average Bonchev–Trinajstić information content (AvgIpc) is 2.29. The molecule has 1 aromatic carbocycles. The maximum atomic E-state index is 11.9. The maximum absolute atomic E-state index is 11.9. The smallest absolute Gasteiger partial charge is 0.251 e. The van der Waals surface area contributed by atoms with E-state index in [-0.39, 0.29) is 11.9 Å². The number of methoxy groups -OCH3 is 1. The molecule has 0 fully saturated rings. The minimum Gasteiger partial charge on any atom is -0.495 e. The second-order valence-corrected chi connectivity index (χ2v) is 4.42. The van der Waals surface area contributed by atoms with Crippen molar-refractivity contribution in [1.29, 1.82) is 0 Å². The predicted octanol–water partition coefficient (Wildman–Crippen LogP) is 3.27. The number of amides is 1. The van der Waals surface area contributed by atoms with Gasteiger partial charge in [0.2, 0.25) is 0 Å². The lowest BCUT2D eigenvalue weighted by molar-refractivity contribution is 0.0938. The second-order valence-electron chi connectivity index (χ2n) is 4.01. The molecule has 0 aromatic heterocycles. The monoisotopic (exact) mass is 255 g/mol. The first-order valence-electron chi connectivity index (χ1n) is 5.72. The van der Waals surface area contributed by atoms with Gasteiger partial charge in [-0.1, -0.05) is 24.9 Å². The standard InChI is InChI=1S/C13H18ClNO2/c1-4-5-9(2)15-13(16)10-6-7-12(17-3)11(14)8-10/h6-9H,4-5H2,1-3H3,(H,15,16)/t9-/m0/s1. The topological polar surface area (TPSA) is 38.3 Å². The van der Waals surface area contributed by atoms with Crippen molar-refractivity contribution < 1.29 is 9.53 Å². The van der Waals surface area contributed by atoms with Gasteiger partial charge >= 0.3 is 0 Å². The van der Waals surface area contributed by atoms with Gasteiger partial charge in [-0.05, 0) is 31.5 Å². The quantitative estimate of drug-likeness (QED) is 0.877. The Kier molecular flexibility index (Phi) is 5.29. The summed E-state index contributed by atoms with van der Waals surface area (Å²) in [5.74, 6) is 0.473. The van der Waals surface area contributed by atoms with Crippen LogP contribution in [0, 0.1) is 0 Å². The van der Waals surface area contributed by atoms with Gasteiger partial charge in [-0.3, -0.25) is 4.79 Å². The molecule has 1 aromatic rings. The zero-order valence-electron chi connectivity index (χ0n) is 10.4. The summed E-state index contributed by atoms with van der Waals surface area (Å²) >= 11 is 5.97. The molecule has 0 aliphatic heterocycles. The Hall–Kier alpha value is -1.22. The van der Waals surface area contributed by atoms with Crippen LogP contribution in [0.2, 0.25) is 5.02 Å². The summed E-state index contributed by atoms with van der Waals surface area (Å²) in [7, 11) is 1.55. The second kappa shape index (κ2) is 6.50. The largest absolute Gasteiger partial charge is 0.495 e. The van der Waals surface area contributed by atoms with Crippen LogP contribution in [0.5, 0.6) is 5.75 Å². The van der Waals surface area contributed by atoms with Crippen molar-refractivity contribution >= 4 is 17.5 Å². The molecule has 17 heavy (non-hydrogen) atoms. The Morgan fingerprint density at radius 1 is 1.53 bits per heavy atom. The Morgan fingerprint density at radius 3 is 2.76 bits per heavy atom. The summed E-state index contributed by atoms with van der Waals surface area (Å²) in [6, 6.07) is 5.20. The third kappa shape index (κ3) is 3.93. The summed E-state index contributed by atoms with van der Waals surface area (Å²) < 4.78 is 5.04. The average molecular weight is 256 g/mol. The Balaban J connectivity index is 2.72. The Labute approximate surface area is 107 Å². The summed E-state index contributed by atoms with van der Waals surface area (Å²) in [6.07, 6.45) is 2.01. The van der Waals surface area contributed by atoms with Crippen molar-refractivity contribution in [2.24, 2.45) is 0 Å². The van der Waals surface area contributed by atoms with E-state index < -0.39 is 0 Å². The molecule has 0 bridgehead atoms. The molecule has 1 rings (SSSR count). The van der Waals surface area contributed by atoms with Gasteiger partial charge in [-0.15, -0.1) is 0 Å². The number of halogens is 1. The van der Waals surface area contributed by atoms with Crippen molar-refractivity contribution in [3.63, 3.8) is 0 Å². The molecule has 0 saturated carbocycles. The molecule has 4 heteroatoms. The number of benzene rings is 1. The van der Waals surface area contributed by atoms with Gasteiger partial charge in [0.15, 0.2) is 0 Å². The van der Waals surface area contributed by atoms with E-state index in [0.29, 0.717) is 16.3 Å². The van der Waals surface area contributed by atoms with Crippen LogP contribution in [0.3, 0.4) is 0 Å². The highest BCUT2D eigenvalue weighted by Crippen LogP contribution is 2.24. The van der Waals surface area contributed by atoms with E-state index >= 15 is 0 Å². The SMILES string of the molecule is CCC[C@H](C)NC(=O)c1ccc(OC)c(Cl)c1. The van der Waals surface area contributed by atoms with Crippen LogP contribution in [0.4, 0.5) is 0 Å². The molecule has 1 N–H and O–H groups in total. The van der Waals surface area contributed by atoms with Crippen LogP contribution in [0.25, 0.3) is 0 Å². The van der Waals surface area contributed by atoms with Gasteiger partial charge in [0.05, 0.1) is 12.1 Å². The lowest BCUT2D eigenvalue weighted by Gasteiger charge is -2.13. The molecule has 0 unspecified atom stereocenters. The molecule has 0 aliphatic carbocycles. The number of rotatable bonds is 5. The van der Waals surface area contributed by atoms with Crippen LogP contribution in [0.15, 0.2) is 18.2 Å². The van der Waals surface area contributed by atoms with Gasteiger partial charge in [0.1, 0.15) is 5.75 Å². The molecule has 1 amide bonds. The van der Waals surface area contributed by atoms with E-state index in [9.17, 15) is 4.79 Å². The molecule has 0 spiro atoms. The van der Waals surface area contributed by atoms with Crippen molar-refractivity contribution in [3.05, 3.63) is 28.8 Å². The Morgan fingerprint density at radius 2 is 2.24 bits per heavy atom. The van der Waals surface area contributed by atoms with Crippen molar-refractivity contribution in [1.82, 2.24) is 5.32 Å². The van der Waals surface area contributed by atoms with Crippen LogP contribution < -0.4 is 10.1 Å². The van der Waals surface area contributed by atoms with E-state index in [1.165, 1.54) is 0 Å². The molecule has 0 heterocycles. The van der Waals surface area contributed by atoms with Gasteiger partial charge < -0.3 is 10.1 Å². The van der Waals surface area contributed by atoms with Crippen LogP contribution in [0.1, 0.15) is 37.0 Å². The molecular formula is C13H18ClNO2. The molecule has 0 saturated heterocycles. The molecule has 94 valence electrons. The van der Waals surface area contributed by atoms with Gasteiger partial charge in [0, 0.05) is 11.6 Å². The number of carbonyl (C=O) groups excluding carboxylic acids is 1. The van der Waals surface area contributed by atoms with Crippen LogP contribution >= 0.6 is 11.6 Å². The summed E-state index contributed by atoms with van der Waals surface area (Å²) in [4.78, 5) is 11.9. The first-order valence-corrected chi connectivity index (χ1v) is 6.10. The van der Waals surface area contributed by atoms with Gasteiger partial charge in [0.25, 0.3) is 5.91 Å². The predicted molar refractivity (Wildman–Crippen MR) is 69.8 cm³/mol. The molecule has 0 aliphatic rings.